The summed E-state index contributed by atoms with van der Waals surface area (Å²) in [6, 6.07) is 17.9. The summed E-state index contributed by atoms with van der Waals surface area (Å²) in [5.41, 5.74) is 0.916. The summed E-state index contributed by atoms with van der Waals surface area (Å²) in [5, 5.41) is 2.27. The third kappa shape index (κ3) is 4.53. The summed E-state index contributed by atoms with van der Waals surface area (Å²) < 4.78 is 26.3. The van der Waals surface area contributed by atoms with Crippen LogP contribution >= 0.6 is 11.6 Å². The lowest BCUT2D eigenvalue weighted by molar-refractivity contribution is 0.0953. The van der Waals surface area contributed by atoms with Crippen LogP contribution in [-0.2, 0) is 9.84 Å². The van der Waals surface area contributed by atoms with Crippen molar-refractivity contribution >= 4 is 27.3 Å². The molecule has 1 amide bonds. The maximum Gasteiger partial charge on any atom is 0.251 e. The average Bonchev–Trinajstić information content (AvgIpc) is 2.70. The molecule has 138 valence electrons. The molecule has 1 unspecified atom stereocenters. The molecule has 5 nitrogen and oxygen atoms in total. The van der Waals surface area contributed by atoms with E-state index in [0.717, 1.165) is 0 Å². The molecule has 1 aromatic heterocycles. The molecule has 0 saturated heterocycles. The number of rotatable bonds is 6. The van der Waals surface area contributed by atoms with Gasteiger partial charge in [0.1, 0.15) is 5.25 Å². The van der Waals surface area contributed by atoms with E-state index in [2.05, 4.69) is 10.3 Å². The van der Waals surface area contributed by atoms with Crippen molar-refractivity contribution in [2.45, 2.75) is 10.1 Å². The number of sulfone groups is 1. The van der Waals surface area contributed by atoms with Crippen LogP contribution in [0, 0.1) is 0 Å². The molecule has 3 rings (SSSR count). The number of halogens is 1. The van der Waals surface area contributed by atoms with Crippen molar-refractivity contribution in [1.29, 1.82) is 0 Å². The highest BCUT2D eigenvalue weighted by atomic mass is 35.5. The van der Waals surface area contributed by atoms with Crippen LogP contribution in [-0.4, -0.2) is 25.9 Å². The van der Waals surface area contributed by atoms with Crippen molar-refractivity contribution < 1.29 is 13.2 Å². The van der Waals surface area contributed by atoms with E-state index in [4.69, 9.17) is 11.6 Å². The molecule has 0 spiro atoms. The highest BCUT2D eigenvalue weighted by Gasteiger charge is 2.29. The molecule has 0 aliphatic heterocycles. The number of aromatic nitrogens is 1. The third-order valence-corrected chi connectivity index (χ3v) is 6.43. The van der Waals surface area contributed by atoms with Crippen LogP contribution in [0.15, 0.2) is 84.0 Å². The first-order valence-corrected chi connectivity index (χ1v) is 10.1. The van der Waals surface area contributed by atoms with Crippen LogP contribution in [0.2, 0.25) is 5.02 Å². The van der Waals surface area contributed by atoms with E-state index in [1.807, 2.05) is 0 Å². The van der Waals surface area contributed by atoms with E-state index in [0.29, 0.717) is 16.1 Å². The zero-order chi connectivity index (χ0) is 19.3. The van der Waals surface area contributed by atoms with Gasteiger partial charge in [0.2, 0.25) is 0 Å². The Balaban J connectivity index is 1.87. The second kappa shape index (κ2) is 8.33. The minimum absolute atomic E-state index is 0.0790. The Morgan fingerprint density at radius 2 is 1.70 bits per heavy atom. The summed E-state index contributed by atoms with van der Waals surface area (Å²) in [6.07, 6.45) is 3.07. The summed E-state index contributed by atoms with van der Waals surface area (Å²) in [4.78, 5) is 16.6. The summed E-state index contributed by atoms with van der Waals surface area (Å²) >= 11 is 5.83. The van der Waals surface area contributed by atoms with Gasteiger partial charge in [0.05, 0.1) is 4.90 Å². The lowest BCUT2D eigenvalue weighted by Gasteiger charge is -2.19. The summed E-state index contributed by atoms with van der Waals surface area (Å²) in [7, 11) is -3.71. The second-order valence-electron chi connectivity index (χ2n) is 5.85. The Kier molecular flexibility index (Phi) is 5.88. The van der Waals surface area contributed by atoms with Crippen molar-refractivity contribution in [3.63, 3.8) is 0 Å². The Morgan fingerprint density at radius 1 is 1.00 bits per heavy atom. The van der Waals surface area contributed by atoms with Gasteiger partial charge in [-0.05, 0) is 48.0 Å². The molecule has 0 saturated carbocycles. The number of hydrogen-bond acceptors (Lipinski definition) is 4. The molecule has 7 heteroatoms. The van der Waals surface area contributed by atoms with E-state index in [1.165, 1.54) is 6.20 Å². The summed E-state index contributed by atoms with van der Waals surface area (Å²) in [6.45, 7) is -0.0790. The minimum Gasteiger partial charge on any atom is -0.350 e. The van der Waals surface area contributed by atoms with Crippen LogP contribution in [0.5, 0.6) is 0 Å². The maximum atomic E-state index is 13.1. The van der Waals surface area contributed by atoms with Gasteiger partial charge in [-0.3, -0.25) is 9.78 Å². The smallest absolute Gasteiger partial charge is 0.251 e. The molecular formula is C20H17ClN2O3S. The van der Waals surface area contributed by atoms with Crippen LogP contribution in [0.1, 0.15) is 21.2 Å². The molecule has 2 aromatic carbocycles. The Morgan fingerprint density at radius 3 is 2.33 bits per heavy atom. The van der Waals surface area contributed by atoms with Crippen molar-refractivity contribution in [1.82, 2.24) is 10.3 Å². The second-order valence-corrected chi connectivity index (χ2v) is 8.42. The fourth-order valence-electron chi connectivity index (χ4n) is 2.64. The lowest BCUT2D eigenvalue weighted by Crippen LogP contribution is -2.32. The largest absolute Gasteiger partial charge is 0.350 e. The first kappa shape index (κ1) is 19.1. The number of nitrogens with zero attached hydrogens (tertiary/aromatic N) is 1. The number of pyridine rings is 1. The number of hydrogen-bond donors (Lipinski definition) is 1. The summed E-state index contributed by atoms with van der Waals surface area (Å²) in [5.74, 6) is -0.371. The highest BCUT2D eigenvalue weighted by Crippen LogP contribution is 2.28. The molecule has 0 radical (unpaired) electrons. The fraction of sp³-hybridized carbons (Fsp3) is 0.100. The normalized spacial score (nSPS) is 12.3. The molecule has 3 aromatic rings. The zero-order valence-electron chi connectivity index (χ0n) is 14.2. The van der Waals surface area contributed by atoms with Gasteiger partial charge >= 0.3 is 0 Å². The van der Waals surface area contributed by atoms with E-state index in [-0.39, 0.29) is 17.3 Å². The maximum absolute atomic E-state index is 13.1. The third-order valence-electron chi connectivity index (χ3n) is 4.06. The van der Waals surface area contributed by atoms with Crippen LogP contribution in [0.3, 0.4) is 0 Å². The van der Waals surface area contributed by atoms with Gasteiger partial charge in [-0.2, -0.15) is 0 Å². The van der Waals surface area contributed by atoms with Gasteiger partial charge in [0.25, 0.3) is 5.91 Å². The Bertz CT molecular complexity index is 1010. The minimum atomic E-state index is -3.71. The van der Waals surface area contributed by atoms with Gasteiger partial charge in [0.15, 0.2) is 9.84 Å². The Labute approximate surface area is 163 Å². The molecular weight excluding hydrogens is 384 g/mol. The molecule has 1 heterocycles. The van der Waals surface area contributed by atoms with Gasteiger partial charge in [-0.25, -0.2) is 8.42 Å². The molecule has 1 N–H and O–H groups in total. The molecule has 27 heavy (non-hydrogen) atoms. The lowest BCUT2D eigenvalue weighted by atomic mass is 10.2. The topological polar surface area (TPSA) is 76.1 Å². The molecule has 0 aliphatic rings. The number of amides is 1. The number of carbonyl (C=O) groups is 1. The van der Waals surface area contributed by atoms with Crippen molar-refractivity contribution in [2.24, 2.45) is 0 Å². The fourth-order valence-corrected chi connectivity index (χ4v) is 4.43. The Hall–Kier alpha value is -2.70. The van der Waals surface area contributed by atoms with E-state index >= 15 is 0 Å². The number of benzene rings is 2. The predicted molar refractivity (Wildman–Crippen MR) is 104 cm³/mol. The zero-order valence-corrected chi connectivity index (χ0v) is 15.8. The molecule has 0 bridgehead atoms. The molecule has 0 fully saturated rings. The van der Waals surface area contributed by atoms with E-state index in [9.17, 15) is 13.2 Å². The monoisotopic (exact) mass is 400 g/mol. The van der Waals surface area contributed by atoms with Crippen LogP contribution < -0.4 is 5.32 Å². The quantitative estimate of drug-likeness (QED) is 0.684. The van der Waals surface area contributed by atoms with Crippen molar-refractivity contribution in [2.75, 3.05) is 6.54 Å². The van der Waals surface area contributed by atoms with Crippen LogP contribution in [0.4, 0.5) is 0 Å². The van der Waals surface area contributed by atoms with Crippen molar-refractivity contribution in [3.05, 3.63) is 95.3 Å². The molecule has 1 atom stereocenters. The SMILES string of the molecule is O=C(NCC(c1cccnc1)S(=O)(=O)c1ccccc1)c1ccc(Cl)cc1. The predicted octanol–water partition coefficient (Wildman–Crippen LogP) is 3.68. The average molecular weight is 401 g/mol. The highest BCUT2D eigenvalue weighted by molar-refractivity contribution is 7.91. The number of nitrogens with one attached hydrogen (secondary N) is 1. The standard InChI is InChI=1S/C20H17ClN2O3S/c21-17-10-8-15(9-11-17)20(24)23-14-19(16-5-4-12-22-13-16)27(25,26)18-6-2-1-3-7-18/h1-13,19H,14H2,(H,23,24). The van der Waals surface area contributed by atoms with Gasteiger partial charge < -0.3 is 5.32 Å². The van der Waals surface area contributed by atoms with Gasteiger partial charge in [0, 0.05) is 29.5 Å². The van der Waals surface area contributed by atoms with E-state index < -0.39 is 15.1 Å². The van der Waals surface area contributed by atoms with Crippen LogP contribution in [0.25, 0.3) is 0 Å². The first-order valence-electron chi connectivity index (χ1n) is 8.21. The molecule has 0 aliphatic carbocycles. The van der Waals surface area contributed by atoms with Gasteiger partial charge in [-0.1, -0.05) is 35.9 Å². The van der Waals surface area contributed by atoms with Gasteiger partial charge in [-0.15, -0.1) is 0 Å². The van der Waals surface area contributed by atoms with Crippen molar-refractivity contribution in [3.8, 4) is 0 Å². The number of carbonyl (C=O) groups excluding carboxylic acids is 1. The van der Waals surface area contributed by atoms with E-state index in [1.54, 1.807) is 72.9 Å². The first-order chi connectivity index (χ1) is 13.0.